The Bertz CT molecular complexity index is 351. The number of aryl methyl sites for hydroxylation is 1. The molecular weight excluding hydrogens is 195 g/mol. The predicted molar refractivity (Wildman–Crippen MR) is 55.4 cm³/mol. The first kappa shape index (κ1) is 10.4. The van der Waals surface area contributed by atoms with Crippen LogP contribution < -0.4 is 4.74 Å². The summed E-state index contributed by atoms with van der Waals surface area (Å²) in [6, 6.07) is 4.47. The molecule has 1 aromatic carbocycles. The largest absolute Gasteiger partial charge is 0.487 e. The molecule has 1 aliphatic carbocycles. The lowest BCUT2D eigenvalue weighted by Crippen LogP contribution is -2.25. The van der Waals surface area contributed by atoms with E-state index in [1.54, 1.807) is 6.07 Å². The Labute approximate surface area is 88.7 Å². The minimum absolute atomic E-state index is 0.175. The van der Waals surface area contributed by atoms with Crippen LogP contribution in [0.15, 0.2) is 18.2 Å². The van der Waals surface area contributed by atoms with Crippen LogP contribution in [-0.4, -0.2) is 17.3 Å². The van der Waals surface area contributed by atoms with Crippen molar-refractivity contribution in [2.24, 2.45) is 0 Å². The molecule has 3 heteroatoms. The Morgan fingerprint density at radius 2 is 2.20 bits per heavy atom. The quantitative estimate of drug-likeness (QED) is 0.812. The molecule has 0 spiro atoms. The van der Waals surface area contributed by atoms with Gasteiger partial charge in [-0.2, -0.15) is 0 Å². The number of aliphatic hydroxyl groups is 1. The van der Waals surface area contributed by atoms with Gasteiger partial charge in [0.15, 0.2) is 0 Å². The summed E-state index contributed by atoms with van der Waals surface area (Å²) in [6.45, 7) is 1.87. The lowest BCUT2D eigenvalue weighted by Gasteiger charge is -2.18. The number of hydrogen-bond donors (Lipinski definition) is 1. The highest BCUT2D eigenvalue weighted by molar-refractivity contribution is 5.33. The van der Waals surface area contributed by atoms with E-state index in [2.05, 4.69) is 0 Å². The second-order valence-electron chi connectivity index (χ2n) is 4.06. The van der Waals surface area contributed by atoms with Gasteiger partial charge in [-0.15, -0.1) is 0 Å². The zero-order chi connectivity index (χ0) is 10.8. The highest BCUT2D eigenvalue weighted by Crippen LogP contribution is 2.27. The van der Waals surface area contributed by atoms with Gasteiger partial charge < -0.3 is 9.84 Å². The number of rotatable bonds is 2. The Morgan fingerprint density at radius 3 is 2.87 bits per heavy atom. The van der Waals surface area contributed by atoms with E-state index in [0.29, 0.717) is 5.75 Å². The third kappa shape index (κ3) is 2.29. The fourth-order valence-corrected chi connectivity index (χ4v) is 1.91. The van der Waals surface area contributed by atoms with E-state index < -0.39 is 6.10 Å². The van der Waals surface area contributed by atoms with Gasteiger partial charge in [-0.1, -0.05) is 6.07 Å². The average Bonchev–Trinajstić information content (AvgIpc) is 2.58. The Balaban J connectivity index is 2.12. The summed E-state index contributed by atoms with van der Waals surface area (Å²) in [5, 5.41) is 9.59. The van der Waals surface area contributed by atoms with E-state index in [0.717, 1.165) is 24.8 Å². The molecule has 1 N–H and O–H groups in total. The van der Waals surface area contributed by atoms with E-state index in [9.17, 15) is 9.50 Å². The van der Waals surface area contributed by atoms with E-state index in [-0.39, 0.29) is 11.9 Å². The second-order valence-corrected chi connectivity index (χ2v) is 4.06. The van der Waals surface area contributed by atoms with Gasteiger partial charge in [0.05, 0.1) is 6.10 Å². The first-order chi connectivity index (χ1) is 7.16. The SMILES string of the molecule is Cc1ccc(F)cc1OC1CCCC1O. The van der Waals surface area contributed by atoms with Crippen molar-refractivity contribution in [1.29, 1.82) is 0 Å². The smallest absolute Gasteiger partial charge is 0.126 e. The van der Waals surface area contributed by atoms with Gasteiger partial charge in [0, 0.05) is 6.07 Å². The molecule has 2 nitrogen and oxygen atoms in total. The summed E-state index contributed by atoms with van der Waals surface area (Å²) in [5.74, 6) is 0.240. The molecule has 15 heavy (non-hydrogen) atoms. The van der Waals surface area contributed by atoms with Crippen molar-refractivity contribution in [3.05, 3.63) is 29.6 Å². The summed E-state index contributed by atoms with van der Waals surface area (Å²) >= 11 is 0. The van der Waals surface area contributed by atoms with Crippen LogP contribution in [0.4, 0.5) is 4.39 Å². The first-order valence-corrected chi connectivity index (χ1v) is 5.27. The summed E-state index contributed by atoms with van der Waals surface area (Å²) in [4.78, 5) is 0. The van der Waals surface area contributed by atoms with Crippen LogP contribution in [0.5, 0.6) is 5.75 Å². The topological polar surface area (TPSA) is 29.5 Å². The molecule has 2 atom stereocenters. The number of benzene rings is 1. The summed E-state index contributed by atoms with van der Waals surface area (Å²) in [5.41, 5.74) is 0.899. The van der Waals surface area contributed by atoms with Crippen LogP contribution in [0.25, 0.3) is 0 Å². The number of halogens is 1. The van der Waals surface area contributed by atoms with E-state index >= 15 is 0 Å². The highest BCUT2D eigenvalue weighted by Gasteiger charge is 2.27. The lowest BCUT2D eigenvalue weighted by molar-refractivity contribution is 0.0597. The monoisotopic (exact) mass is 210 g/mol. The molecule has 0 saturated heterocycles. The maximum absolute atomic E-state index is 13.0. The van der Waals surface area contributed by atoms with Crippen LogP contribution >= 0.6 is 0 Å². The van der Waals surface area contributed by atoms with Crippen molar-refractivity contribution in [3.8, 4) is 5.75 Å². The van der Waals surface area contributed by atoms with Crippen LogP contribution in [-0.2, 0) is 0 Å². The van der Waals surface area contributed by atoms with Crippen LogP contribution in [0.2, 0.25) is 0 Å². The molecule has 0 amide bonds. The number of aliphatic hydroxyl groups excluding tert-OH is 1. The van der Waals surface area contributed by atoms with Gasteiger partial charge in [-0.05, 0) is 37.8 Å². The Morgan fingerprint density at radius 1 is 1.40 bits per heavy atom. The molecular formula is C12H15FO2. The van der Waals surface area contributed by atoms with Crippen molar-refractivity contribution in [3.63, 3.8) is 0 Å². The van der Waals surface area contributed by atoms with Gasteiger partial charge in [0.2, 0.25) is 0 Å². The highest BCUT2D eigenvalue weighted by atomic mass is 19.1. The van der Waals surface area contributed by atoms with Gasteiger partial charge in [0.1, 0.15) is 17.7 Å². The minimum atomic E-state index is -0.410. The molecule has 82 valence electrons. The fourth-order valence-electron chi connectivity index (χ4n) is 1.91. The zero-order valence-electron chi connectivity index (χ0n) is 8.74. The van der Waals surface area contributed by atoms with Gasteiger partial charge in [-0.25, -0.2) is 4.39 Å². The van der Waals surface area contributed by atoms with Crippen LogP contribution in [0.1, 0.15) is 24.8 Å². The molecule has 0 radical (unpaired) electrons. The van der Waals surface area contributed by atoms with E-state index in [1.165, 1.54) is 12.1 Å². The molecule has 0 bridgehead atoms. The maximum Gasteiger partial charge on any atom is 0.126 e. The Kier molecular flexibility index (Phi) is 2.91. The molecule has 2 unspecified atom stereocenters. The number of ether oxygens (including phenoxy) is 1. The lowest BCUT2D eigenvalue weighted by atomic mass is 10.2. The van der Waals surface area contributed by atoms with E-state index in [4.69, 9.17) is 4.74 Å². The fraction of sp³-hybridized carbons (Fsp3) is 0.500. The third-order valence-corrected chi connectivity index (χ3v) is 2.85. The average molecular weight is 210 g/mol. The van der Waals surface area contributed by atoms with Crippen molar-refractivity contribution >= 4 is 0 Å². The van der Waals surface area contributed by atoms with Crippen molar-refractivity contribution in [2.45, 2.75) is 38.4 Å². The normalized spacial score (nSPS) is 25.5. The molecule has 0 heterocycles. The maximum atomic E-state index is 13.0. The van der Waals surface area contributed by atoms with Gasteiger partial charge >= 0.3 is 0 Å². The predicted octanol–water partition coefficient (Wildman–Crippen LogP) is 2.43. The van der Waals surface area contributed by atoms with Crippen LogP contribution in [0, 0.1) is 12.7 Å². The summed E-state index contributed by atoms with van der Waals surface area (Å²) in [7, 11) is 0. The third-order valence-electron chi connectivity index (χ3n) is 2.85. The van der Waals surface area contributed by atoms with Crippen molar-refractivity contribution in [1.82, 2.24) is 0 Å². The molecule has 0 aromatic heterocycles. The van der Waals surface area contributed by atoms with E-state index in [1.807, 2.05) is 6.92 Å². The zero-order valence-corrected chi connectivity index (χ0v) is 8.74. The standard InChI is InChI=1S/C12H15FO2/c1-8-5-6-9(13)7-12(8)15-11-4-2-3-10(11)14/h5-7,10-11,14H,2-4H2,1H3. The van der Waals surface area contributed by atoms with Crippen molar-refractivity contribution in [2.75, 3.05) is 0 Å². The minimum Gasteiger partial charge on any atom is -0.487 e. The molecule has 0 aliphatic heterocycles. The molecule has 1 saturated carbocycles. The number of hydrogen-bond acceptors (Lipinski definition) is 2. The molecule has 1 fully saturated rings. The summed E-state index contributed by atoms with van der Waals surface area (Å²) in [6.07, 6.45) is 2.01. The molecule has 1 aromatic rings. The van der Waals surface area contributed by atoms with Crippen molar-refractivity contribution < 1.29 is 14.2 Å². The molecule has 1 aliphatic rings. The van der Waals surface area contributed by atoms with Crippen LogP contribution in [0.3, 0.4) is 0 Å². The molecule has 2 rings (SSSR count). The van der Waals surface area contributed by atoms with Gasteiger partial charge in [0.25, 0.3) is 0 Å². The first-order valence-electron chi connectivity index (χ1n) is 5.27. The Hall–Kier alpha value is -1.09. The summed E-state index contributed by atoms with van der Waals surface area (Å²) < 4.78 is 18.6. The second kappa shape index (κ2) is 4.19. The van der Waals surface area contributed by atoms with Gasteiger partial charge in [-0.3, -0.25) is 0 Å².